The van der Waals surface area contributed by atoms with E-state index in [1.165, 1.54) is 24.3 Å². The molecule has 1 aromatic heterocycles. The Morgan fingerprint density at radius 1 is 1.00 bits per heavy atom. The molecule has 0 radical (unpaired) electrons. The van der Waals surface area contributed by atoms with Crippen LogP contribution in [0.4, 0.5) is 10.1 Å². The first kappa shape index (κ1) is 19.2. The lowest BCUT2D eigenvalue weighted by atomic mass is 10.2. The van der Waals surface area contributed by atoms with E-state index in [0.717, 1.165) is 18.3 Å². The summed E-state index contributed by atoms with van der Waals surface area (Å²) in [7, 11) is 0. The van der Waals surface area contributed by atoms with Crippen LogP contribution >= 0.6 is 34.8 Å². The van der Waals surface area contributed by atoms with Crippen LogP contribution in [0.3, 0.4) is 0 Å². The number of hydrogen-bond donors (Lipinski definition) is 2. The normalized spacial score (nSPS) is 10.7. The molecular formula is C17H9Cl3FN3O3. The molecule has 10 heteroatoms. The Hall–Kier alpha value is -2.61. The fourth-order valence-electron chi connectivity index (χ4n) is 2.27. The summed E-state index contributed by atoms with van der Waals surface area (Å²) in [4.78, 5) is 39.4. The van der Waals surface area contributed by atoms with Crippen LogP contribution in [0.2, 0.25) is 15.1 Å². The van der Waals surface area contributed by atoms with E-state index in [1.54, 1.807) is 0 Å². The second-order valence-electron chi connectivity index (χ2n) is 5.33. The van der Waals surface area contributed by atoms with E-state index in [9.17, 15) is 18.8 Å². The molecule has 3 aromatic rings. The van der Waals surface area contributed by atoms with Gasteiger partial charge in [-0.1, -0.05) is 34.8 Å². The van der Waals surface area contributed by atoms with E-state index in [4.69, 9.17) is 34.8 Å². The summed E-state index contributed by atoms with van der Waals surface area (Å²) in [6.07, 6.45) is 0.985. The second-order valence-corrected chi connectivity index (χ2v) is 6.55. The predicted octanol–water partition coefficient (Wildman–Crippen LogP) is 3.88. The van der Waals surface area contributed by atoms with E-state index >= 15 is 0 Å². The maximum atomic E-state index is 13.3. The van der Waals surface area contributed by atoms with E-state index in [1.807, 2.05) is 0 Å². The number of aromatic nitrogens is 2. The van der Waals surface area contributed by atoms with Gasteiger partial charge in [0.15, 0.2) is 0 Å². The maximum absolute atomic E-state index is 13.3. The fourth-order valence-corrected chi connectivity index (χ4v) is 2.74. The highest BCUT2D eigenvalue weighted by molar-refractivity contribution is 6.42. The van der Waals surface area contributed by atoms with Crippen LogP contribution in [0.15, 0.2) is 52.2 Å². The Balaban J connectivity index is 2.03. The van der Waals surface area contributed by atoms with Crippen LogP contribution in [0.1, 0.15) is 10.4 Å². The van der Waals surface area contributed by atoms with Crippen molar-refractivity contribution in [2.75, 3.05) is 5.32 Å². The number of hydrogen-bond acceptors (Lipinski definition) is 3. The third-order valence-corrected chi connectivity index (χ3v) is 4.59. The second kappa shape index (κ2) is 7.56. The molecule has 1 amide bonds. The van der Waals surface area contributed by atoms with Crippen LogP contribution < -0.4 is 16.6 Å². The number of aromatic amines is 1. The van der Waals surface area contributed by atoms with Gasteiger partial charge in [0.05, 0.1) is 20.8 Å². The minimum Gasteiger partial charge on any atom is -0.322 e. The van der Waals surface area contributed by atoms with Gasteiger partial charge in [-0.05, 0) is 36.4 Å². The molecule has 0 fully saturated rings. The molecule has 6 nitrogen and oxygen atoms in total. The van der Waals surface area contributed by atoms with Crippen molar-refractivity contribution in [2.45, 2.75) is 0 Å². The molecule has 3 rings (SSSR count). The Kier molecular flexibility index (Phi) is 5.36. The van der Waals surface area contributed by atoms with Gasteiger partial charge >= 0.3 is 5.69 Å². The van der Waals surface area contributed by atoms with Crippen LogP contribution in [0.5, 0.6) is 0 Å². The van der Waals surface area contributed by atoms with Gasteiger partial charge in [-0.15, -0.1) is 0 Å². The smallest absolute Gasteiger partial charge is 0.322 e. The van der Waals surface area contributed by atoms with E-state index in [2.05, 4.69) is 10.3 Å². The lowest BCUT2D eigenvalue weighted by Gasteiger charge is -2.09. The van der Waals surface area contributed by atoms with Crippen molar-refractivity contribution in [1.29, 1.82) is 0 Å². The van der Waals surface area contributed by atoms with Crippen molar-refractivity contribution in [2.24, 2.45) is 0 Å². The molecular weight excluding hydrogens is 420 g/mol. The van der Waals surface area contributed by atoms with Crippen LogP contribution in [-0.4, -0.2) is 15.5 Å². The van der Waals surface area contributed by atoms with Gasteiger partial charge in [-0.3, -0.25) is 9.59 Å². The van der Waals surface area contributed by atoms with E-state index in [-0.39, 0.29) is 21.3 Å². The zero-order chi connectivity index (χ0) is 19.7. The molecule has 0 saturated carbocycles. The number of carbonyl (C=O) groups excluding carboxylic acids is 1. The molecule has 0 bridgehead atoms. The molecule has 0 aliphatic rings. The maximum Gasteiger partial charge on any atom is 0.333 e. The summed E-state index contributed by atoms with van der Waals surface area (Å²) in [5.41, 5.74) is -1.75. The van der Waals surface area contributed by atoms with Crippen molar-refractivity contribution < 1.29 is 9.18 Å². The van der Waals surface area contributed by atoms with E-state index in [0.29, 0.717) is 15.3 Å². The molecule has 0 saturated heterocycles. The van der Waals surface area contributed by atoms with Crippen molar-refractivity contribution in [3.8, 4) is 5.69 Å². The highest BCUT2D eigenvalue weighted by atomic mass is 35.5. The first-order chi connectivity index (χ1) is 12.8. The Morgan fingerprint density at radius 2 is 1.74 bits per heavy atom. The lowest BCUT2D eigenvalue weighted by molar-refractivity contribution is 0.102. The van der Waals surface area contributed by atoms with Crippen molar-refractivity contribution >= 4 is 46.4 Å². The molecule has 0 aliphatic carbocycles. The molecule has 0 unspecified atom stereocenters. The molecule has 138 valence electrons. The Bertz CT molecular complexity index is 1170. The number of benzene rings is 2. The number of nitrogens with zero attached hydrogens (tertiary/aromatic N) is 1. The average molecular weight is 429 g/mol. The molecule has 1 heterocycles. The van der Waals surface area contributed by atoms with Gasteiger partial charge in [0.2, 0.25) is 0 Å². The summed E-state index contributed by atoms with van der Waals surface area (Å²) < 4.78 is 14.0. The molecule has 0 atom stereocenters. The van der Waals surface area contributed by atoms with Gasteiger partial charge in [0, 0.05) is 11.9 Å². The number of amides is 1. The van der Waals surface area contributed by atoms with Gasteiger partial charge in [0.25, 0.3) is 11.5 Å². The zero-order valence-electron chi connectivity index (χ0n) is 13.2. The van der Waals surface area contributed by atoms with Crippen LogP contribution in [0.25, 0.3) is 5.69 Å². The molecule has 0 aliphatic heterocycles. The summed E-state index contributed by atoms with van der Waals surface area (Å²) in [6.45, 7) is 0. The quantitative estimate of drug-likeness (QED) is 0.664. The minimum absolute atomic E-state index is 0.0110. The molecule has 2 N–H and O–H groups in total. The predicted molar refractivity (Wildman–Crippen MR) is 102 cm³/mol. The van der Waals surface area contributed by atoms with Crippen LogP contribution in [0, 0.1) is 5.82 Å². The number of halogens is 4. The molecule has 0 spiro atoms. The number of anilines is 1. The monoisotopic (exact) mass is 427 g/mol. The first-order valence-electron chi connectivity index (χ1n) is 7.34. The average Bonchev–Trinajstić information content (AvgIpc) is 2.61. The van der Waals surface area contributed by atoms with Crippen molar-refractivity contribution in [3.05, 3.63) is 89.9 Å². The third-order valence-electron chi connectivity index (χ3n) is 3.56. The topological polar surface area (TPSA) is 84.0 Å². The number of rotatable bonds is 3. The third kappa shape index (κ3) is 3.90. The number of carbonyl (C=O) groups is 1. The summed E-state index contributed by atoms with van der Waals surface area (Å²) in [5, 5.41) is 2.73. The largest absolute Gasteiger partial charge is 0.333 e. The summed E-state index contributed by atoms with van der Waals surface area (Å²) >= 11 is 17.4. The highest BCUT2D eigenvalue weighted by Gasteiger charge is 2.17. The Labute approximate surface area is 166 Å². The number of nitrogens with one attached hydrogen (secondary N) is 2. The van der Waals surface area contributed by atoms with Crippen molar-refractivity contribution in [1.82, 2.24) is 9.55 Å². The van der Waals surface area contributed by atoms with Crippen molar-refractivity contribution in [3.63, 3.8) is 0 Å². The summed E-state index contributed by atoms with van der Waals surface area (Å²) in [5.74, 6) is -1.49. The van der Waals surface area contributed by atoms with Gasteiger partial charge < -0.3 is 10.3 Å². The van der Waals surface area contributed by atoms with Gasteiger partial charge in [0.1, 0.15) is 11.4 Å². The fraction of sp³-hybridized carbons (Fsp3) is 0. The molecule has 27 heavy (non-hydrogen) atoms. The molecule has 2 aromatic carbocycles. The lowest BCUT2D eigenvalue weighted by Crippen LogP contribution is -2.38. The first-order valence-corrected chi connectivity index (χ1v) is 8.48. The van der Waals surface area contributed by atoms with Crippen LogP contribution in [-0.2, 0) is 0 Å². The SMILES string of the molecule is O=C(Nc1ccc(Cl)c(Cl)c1)c1c[nH]c(=O)n(-c2ccc(F)c(Cl)c2)c1=O. The number of H-pyrrole nitrogens is 1. The standard InChI is InChI=1S/C17H9Cl3FN3O3/c18-11-3-1-8(5-12(11)19)23-15(25)10-7-22-17(27)24(16(10)26)9-2-4-14(21)13(20)6-9/h1-7H,(H,22,27)(H,23,25). The Morgan fingerprint density at radius 3 is 2.41 bits per heavy atom. The summed E-state index contributed by atoms with van der Waals surface area (Å²) in [6, 6.07) is 7.69. The van der Waals surface area contributed by atoms with E-state index < -0.39 is 23.0 Å². The van der Waals surface area contributed by atoms with Gasteiger partial charge in [-0.2, -0.15) is 0 Å². The zero-order valence-corrected chi connectivity index (χ0v) is 15.5. The minimum atomic E-state index is -0.904. The highest BCUT2D eigenvalue weighted by Crippen LogP contribution is 2.25. The van der Waals surface area contributed by atoms with Gasteiger partial charge in [-0.25, -0.2) is 13.8 Å².